The summed E-state index contributed by atoms with van der Waals surface area (Å²) in [5.74, 6) is 0.959. The second-order valence-electron chi connectivity index (χ2n) is 12.9. The molecule has 1 amide bonds. The zero-order valence-corrected chi connectivity index (χ0v) is 21.7. The van der Waals surface area contributed by atoms with Crippen LogP contribution in [0.2, 0.25) is 0 Å². The number of hydrogen-bond acceptors (Lipinski definition) is 4. The SMILES string of the molecule is CC(CCC(=O)NC(CC(=O)O)C(=O)O)C1CC[C@H]2C3CC[C@@H]4C[C@H](O)CC[C@]4(C)C3CC[C@]12C. The minimum atomic E-state index is -1.38. The van der Waals surface area contributed by atoms with Gasteiger partial charge in [-0.2, -0.15) is 0 Å². The molecule has 0 radical (unpaired) electrons. The molecule has 0 aromatic carbocycles. The number of carbonyl (C=O) groups excluding carboxylic acids is 1. The smallest absolute Gasteiger partial charge is 0.326 e. The number of aliphatic carboxylic acids is 2. The molecule has 7 nitrogen and oxygen atoms in total. The summed E-state index contributed by atoms with van der Waals surface area (Å²) in [4.78, 5) is 34.6. The number of fused-ring (bicyclic) bond motifs is 5. The van der Waals surface area contributed by atoms with Crippen molar-refractivity contribution in [2.45, 2.75) is 110 Å². The van der Waals surface area contributed by atoms with Crippen molar-refractivity contribution < 1.29 is 29.7 Å². The molecule has 4 aliphatic carbocycles. The quantitative estimate of drug-likeness (QED) is 0.397. The molecule has 4 N–H and O–H groups in total. The van der Waals surface area contributed by atoms with Crippen LogP contribution in [0.1, 0.15) is 97.8 Å². The second-order valence-corrected chi connectivity index (χ2v) is 12.9. The number of carbonyl (C=O) groups is 3. The van der Waals surface area contributed by atoms with Crippen molar-refractivity contribution in [3.05, 3.63) is 0 Å². The molecule has 4 saturated carbocycles. The van der Waals surface area contributed by atoms with E-state index in [1.807, 2.05) is 0 Å². The van der Waals surface area contributed by atoms with Crippen molar-refractivity contribution in [2.24, 2.45) is 46.3 Å². The molecule has 10 atom stereocenters. The molecule has 0 aliphatic heterocycles. The van der Waals surface area contributed by atoms with E-state index in [0.29, 0.717) is 35.0 Å². The van der Waals surface area contributed by atoms with E-state index in [9.17, 15) is 24.6 Å². The molecule has 0 spiro atoms. The molecule has 35 heavy (non-hydrogen) atoms. The Morgan fingerprint density at radius 2 is 1.63 bits per heavy atom. The Kier molecular flexibility index (Phi) is 7.57. The minimum Gasteiger partial charge on any atom is -0.481 e. The number of aliphatic hydroxyl groups excluding tert-OH is 1. The van der Waals surface area contributed by atoms with Crippen LogP contribution in [0.3, 0.4) is 0 Å². The number of carboxylic acid groups (broad SMARTS) is 2. The number of aliphatic hydroxyl groups is 1. The number of nitrogens with one attached hydrogen (secondary N) is 1. The van der Waals surface area contributed by atoms with E-state index in [4.69, 9.17) is 5.11 Å². The van der Waals surface area contributed by atoms with Gasteiger partial charge in [-0.15, -0.1) is 0 Å². The van der Waals surface area contributed by atoms with Crippen molar-refractivity contribution in [1.29, 1.82) is 0 Å². The summed E-state index contributed by atoms with van der Waals surface area (Å²) in [5, 5.41) is 30.7. The fourth-order valence-electron chi connectivity index (χ4n) is 9.41. The monoisotopic (exact) mass is 491 g/mol. The van der Waals surface area contributed by atoms with Gasteiger partial charge in [0.15, 0.2) is 0 Å². The Labute approximate surface area is 209 Å². The molecule has 0 aromatic rings. The van der Waals surface area contributed by atoms with E-state index in [1.165, 1.54) is 38.5 Å². The average Bonchev–Trinajstić information content (AvgIpc) is 3.14. The van der Waals surface area contributed by atoms with Crippen LogP contribution in [0.25, 0.3) is 0 Å². The number of hydrogen-bond donors (Lipinski definition) is 4. The van der Waals surface area contributed by atoms with Gasteiger partial charge in [0.25, 0.3) is 0 Å². The molecular formula is C28H45NO6. The van der Waals surface area contributed by atoms with Crippen LogP contribution in [0.15, 0.2) is 0 Å². The van der Waals surface area contributed by atoms with Gasteiger partial charge >= 0.3 is 11.9 Å². The Morgan fingerprint density at radius 3 is 2.31 bits per heavy atom. The van der Waals surface area contributed by atoms with Gasteiger partial charge in [-0.3, -0.25) is 9.59 Å². The van der Waals surface area contributed by atoms with E-state index >= 15 is 0 Å². The van der Waals surface area contributed by atoms with Crippen LogP contribution >= 0.6 is 0 Å². The number of amides is 1. The minimum absolute atomic E-state index is 0.109. The topological polar surface area (TPSA) is 124 Å². The second kappa shape index (κ2) is 10.0. The van der Waals surface area contributed by atoms with E-state index in [0.717, 1.165) is 37.0 Å². The number of rotatable bonds is 8. The third kappa shape index (κ3) is 4.99. The zero-order chi connectivity index (χ0) is 25.5. The highest BCUT2D eigenvalue weighted by Gasteiger charge is 2.60. The molecule has 0 saturated heterocycles. The first-order chi connectivity index (χ1) is 16.5. The summed E-state index contributed by atoms with van der Waals surface area (Å²) in [6.45, 7) is 7.25. The first-order valence-corrected chi connectivity index (χ1v) is 13.9. The van der Waals surface area contributed by atoms with Gasteiger partial charge < -0.3 is 20.6 Å². The van der Waals surface area contributed by atoms with Crippen molar-refractivity contribution in [3.63, 3.8) is 0 Å². The van der Waals surface area contributed by atoms with Crippen LogP contribution in [0, 0.1) is 46.3 Å². The predicted molar refractivity (Wildman–Crippen MR) is 131 cm³/mol. The van der Waals surface area contributed by atoms with Gasteiger partial charge in [0.1, 0.15) is 6.04 Å². The van der Waals surface area contributed by atoms with E-state index in [-0.39, 0.29) is 18.4 Å². The lowest BCUT2D eigenvalue weighted by molar-refractivity contribution is -0.147. The van der Waals surface area contributed by atoms with Gasteiger partial charge in [-0.25, -0.2) is 4.79 Å². The standard InChI is InChI=1S/C28H45NO6/c1-16(4-9-24(31)29-23(26(34)35)15-25(32)33)20-7-8-21-19-6-5-17-14-18(30)10-12-27(17,2)22(19)11-13-28(20,21)3/h16-23,30H,4-15H2,1-3H3,(H,29,31)(H,32,33)(H,34,35)/t16?,17-,18-,19?,20?,21+,22?,23?,27+,28-/m1/s1. The predicted octanol–water partition coefficient (Wildman–Crippen LogP) is 4.47. The molecular weight excluding hydrogens is 446 g/mol. The summed E-state index contributed by atoms with van der Waals surface area (Å²) < 4.78 is 0. The normalized spacial score (nSPS) is 42.2. The van der Waals surface area contributed by atoms with Crippen LogP contribution in [-0.4, -0.2) is 45.3 Å². The molecule has 4 aliphatic rings. The summed E-state index contributed by atoms with van der Waals surface area (Å²) in [6, 6.07) is -1.38. The fourth-order valence-corrected chi connectivity index (χ4v) is 9.41. The largest absolute Gasteiger partial charge is 0.481 e. The summed E-state index contributed by atoms with van der Waals surface area (Å²) >= 11 is 0. The van der Waals surface area contributed by atoms with E-state index < -0.39 is 24.4 Å². The third-order valence-corrected chi connectivity index (χ3v) is 11.2. The average molecular weight is 492 g/mol. The van der Waals surface area contributed by atoms with Crippen LogP contribution < -0.4 is 5.32 Å². The molecule has 198 valence electrons. The van der Waals surface area contributed by atoms with Crippen LogP contribution in [-0.2, 0) is 14.4 Å². The van der Waals surface area contributed by atoms with Crippen molar-refractivity contribution in [3.8, 4) is 0 Å². The maximum absolute atomic E-state index is 12.4. The maximum Gasteiger partial charge on any atom is 0.326 e. The van der Waals surface area contributed by atoms with Gasteiger partial charge in [-0.1, -0.05) is 20.8 Å². The first-order valence-electron chi connectivity index (χ1n) is 13.9. The molecule has 0 bridgehead atoms. The van der Waals surface area contributed by atoms with E-state index in [2.05, 4.69) is 26.1 Å². The molecule has 0 heterocycles. The van der Waals surface area contributed by atoms with Crippen molar-refractivity contribution >= 4 is 17.8 Å². The highest BCUT2D eigenvalue weighted by atomic mass is 16.4. The fraction of sp³-hybridized carbons (Fsp3) is 0.893. The van der Waals surface area contributed by atoms with E-state index in [1.54, 1.807) is 0 Å². The van der Waals surface area contributed by atoms with Crippen molar-refractivity contribution in [2.75, 3.05) is 0 Å². The summed E-state index contributed by atoms with van der Waals surface area (Å²) in [6.07, 6.45) is 10.8. The third-order valence-electron chi connectivity index (χ3n) is 11.2. The zero-order valence-electron chi connectivity index (χ0n) is 21.7. The summed E-state index contributed by atoms with van der Waals surface area (Å²) in [5.41, 5.74) is 0.670. The van der Waals surface area contributed by atoms with Gasteiger partial charge in [0.2, 0.25) is 5.91 Å². The highest BCUT2D eigenvalue weighted by Crippen LogP contribution is 2.68. The molecule has 4 rings (SSSR count). The Morgan fingerprint density at radius 1 is 0.943 bits per heavy atom. The van der Waals surface area contributed by atoms with Gasteiger partial charge in [0.05, 0.1) is 12.5 Å². The van der Waals surface area contributed by atoms with Crippen LogP contribution in [0.5, 0.6) is 0 Å². The lowest BCUT2D eigenvalue weighted by atomic mass is 9.44. The lowest BCUT2D eigenvalue weighted by Gasteiger charge is -2.61. The Bertz CT molecular complexity index is 830. The number of carboxylic acids is 2. The molecule has 4 fully saturated rings. The van der Waals surface area contributed by atoms with Crippen molar-refractivity contribution in [1.82, 2.24) is 5.32 Å². The molecule has 0 aromatic heterocycles. The maximum atomic E-state index is 12.4. The van der Waals surface area contributed by atoms with Gasteiger partial charge in [-0.05, 0) is 111 Å². The lowest BCUT2D eigenvalue weighted by Crippen LogP contribution is -2.54. The Hall–Kier alpha value is -1.63. The molecule has 5 unspecified atom stereocenters. The highest BCUT2D eigenvalue weighted by molar-refractivity contribution is 5.86. The van der Waals surface area contributed by atoms with Gasteiger partial charge in [0, 0.05) is 6.42 Å². The Balaban J connectivity index is 1.36. The first kappa shape index (κ1) is 26.4. The van der Waals surface area contributed by atoms with Crippen LogP contribution in [0.4, 0.5) is 0 Å². The summed E-state index contributed by atoms with van der Waals surface area (Å²) in [7, 11) is 0. The molecule has 7 heteroatoms.